The predicted octanol–water partition coefficient (Wildman–Crippen LogP) is 3.63. The van der Waals surface area contributed by atoms with Crippen LogP contribution >= 0.6 is 0 Å². The van der Waals surface area contributed by atoms with Crippen molar-refractivity contribution in [2.45, 2.75) is 65.0 Å². The van der Waals surface area contributed by atoms with Crippen LogP contribution in [0.5, 0.6) is 11.5 Å². The highest BCUT2D eigenvalue weighted by Crippen LogP contribution is 2.36. The number of carbonyl (C=O) groups excluding carboxylic acids is 1. The first kappa shape index (κ1) is 19.6. The molecule has 2 fully saturated rings. The van der Waals surface area contributed by atoms with Crippen LogP contribution in [-0.4, -0.2) is 54.6 Å². The highest BCUT2D eigenvalue weighted by atomic mass is 16.5. The number of amides is 1. The lowest BCUT2D eigenvalue weighted by molar-refractivity contribution is -0.134. The van der Waals surface area contributed by atoms with Gasteiger partial charge in [-0.05, 0) is 70.7 Å². The summed E-state index contributed by atoms with van der Waals surface area (Å²) >= 11 is 0. The summed E-state index contributed by atoms with van der Waals surface area (Å²) in [5.41, 5.74) is 2.50. The number of carbonyl (C=O) groups is 1. The molecule has 0 aromatic heterocycles. The first-order chi connectivity index (χ1) is 13.6. The molecule has 0 radical (unpaired) electrons. The fourth-order valence-corrected chi connectivity index (χ4v) is 4.83. The minimum atomic E-state index is 0.257. The van der Waals surface area contributed by atoms with Crippen LogP contribution in [-0.2, 0) is 17.8 Å². The van der Waals surface area contributed by atoms with Gasteiger partial charge in [-0.15, -0.1) is 0 Å². The van der Waals surface area contributed by atoms with Crippen LogP contribution in [0.4, 0.5) is 0 Å². The number of rotatable bonds is 6. The SMILES string of the molecule is CCOc1cc2c(cc1CN1CCC(CN3CCCCC3=O)CC1)OC(C)C2. The van der Waals surface area contributed by atoms with E-state index in [9.17, 15) is 4.79 Å². The van der Waals surface area contributed by atoms with Gasteiger partial charge in [0.1, 0.15) is 17.6 Å². The van der Waals surface area contributed by atoms with E-state index in [1.807, 2.05) is 6.92 Å². The number of fused-ring (bicyclic) bond motifs is 1. The van der Waals surface area contributed by atoms with Crippen molar-refractivity contribution in [3.05, 3.63) is 23.3 Å². The second-order valence-electron chi connectivity index (χ2n) is 8.65. The number of hydrogen-bond acceptors (Lipinski definition) is 4. The van der Waals surface area contributed by atoms with Gasteiger partial charge in [-0.3, -0.25) is 9.69 Å². The third kappa shape index (κ3) is 4.45. The minimum Gasteiger partial charge on any atom is -0.494 e. The Balaban J connectivity index is 1.34. The molecule has 5 nitrogen and oxygen atoms in total. The van der Waals surface area contributed by atoms with Crippen LogP contribution in [0.3, 0.4) is 0 Å². The zero-order chi connectivity index (χ0) is 19.5. The lowest BCUT2D eigenvalue weighted by atomic mass is 9.94. The van der Waals surface area contributed by atoms with E-state index in [0.29, 0.717) is 18.4 Å². The lowest BCUT2D eigenvalue weighted by Crippen LogP contribution is -2.42. The molecular weight excluding hydrogens is 352 g/mol. The Morgan fingerprint density at radius 1 is 1.18 bits per heavy atom. The molecule has 4 rings (SSSR count). The Kier molecular flexibility index (Phi) is 6.10. The summed E-state index contributed by atoms with van der Waals surface area (Å²) < 4.78 is 11.9. The van der Waals surface area contributed by atoms with Crippen molar-refractivity contribution in [2.24, 2.45) is 5.92 Å². The summed E-state index contributed by atoms with van der Waals surface area (Å²) in [7, 11) is 0. The Bertz CT molecular complexity index is 697. The molecule has 2 saturated heterocycles. The number of benzene rings is 1. The molecule has 0 aliphatic carbocycles. The quantitative estimate of drug-likeness (QED) is 0.749. The molecule has 1 aromatic rings. The van der Waals surface area contributed by atoms with Gasteiger partial charge in [0.2, 0.25) is 5.91 Å². The van der Waals surface area contributed by atoms with Crippen LogP contribution in [0.25, 0.3) is 0 Å². The molecule has 0 spiro atoms. The zero-order valence-electron chi connectivity index (χ0n) is 17.4. The molecule has 0 bridgehead atoms. The molecular formula is C23H34N2O3. The van der Waals surface area contributed by atoms with E-state index in [-0.39, 0.29) is 6.10 Å². The van der Waals surface area contributed by atoms with Crippen LogP contribution in [0, 0.1) is 5.92 Å². The average Bonchev–Trinajstić information content (AvgIpc) is 3.04. The summed E-state index contributed by atoms with van der Waals surface area (Å²) in [6.45, 7) is 9.87. The molecule has 3 heterocycles. The Hall–Kier alpha value is -1.75. The fourth-order valence-electron chi connectivity index (χ4n) is 4.83. The largest absolute Gasteiger partial charge is 0.494 e. The summed E-state index contributed by atoms with van der Waals surface area (Å²) in [6, 6.07) is 4.38. The normalized spacial score (nSPS) is 23.6. The van der Waals surface area contributed by atoms with Crippen molar-refractivity contribution in [2.75, 3.05) is 32.8 Å². The predicted molar refractivity (Wildman–Crippen MR) is 110 cm³/mol. The van der Waals surface area contributed by atoms with Crippen LogP contribution < -0.4 is 9.47 Å². The smallest absolute Gasteiger partial charge is 0.222 e. The summed E-state index contributed by atoms with van der Waals surface area (Å²) in [5.74, 6) is 3.06. The van der Waals surface area contributed by atoms with Crippen LogP contribution in [0.1, 0.15) is 57.1 Å². The molecule has 3 aliphatic heterocycles. The van der Waals surface area contributed by atoms with Gasteiger partial charge in [0, 0.05) is 43.6 Å². The Morgan fingerprint density at radius 3 is 2.75 bits per heavy atom. The molecule has 0 N–H and O–H groups in total. The minimum absolute atomic E-state index is 0.257. The van der Waals surface area contributed by atoms with E-state index in [4.69, 9.17) is 9.47 Å². The van der Waals surface area contributed by atoms with Gasteiger partial charge in [-0.2, -0.15) is 0 Å². The van der Waals surface area contributed by atoms with Crippen LogP contribution in [0.15, 0.2) is 12.1 Å². The average molecular weight is 387 g/mol. The van der Waals surface area contributed by atoms with Gasteiger partial charge in [-0.1, -0.05) is 0 Å². The molecule has 5 heteroatoms. The first-order valence-electron chi connectivity index (χ1n) is 11.1. The maximum atomic E-state index is 12.1. The fraction of sp³-hybridized carbons (Fsp3) is 0.696. The molecule has 1 atom stereocenters. The van der Waals surface area contributed by atoms with Crippen molar-refractivity contribution in [1.29, 1.82) is 0 Å². The molecule has 1 amide bonds. The number of ether oxygens (including phenoxy) is 2. The summed E-state index contributed by atoms with van der Waals surface area (Å²) in [5, 5.41) is 0. The zero-order valence-corrected chi connectivity index (χ0v) is 17.4. The van der Waals surface area contributed by atoms with Gasteiger partial charge in [0.25, 0.3) is 0 Å². The van der Waals surface area contributed by atoms with Gasteiger partial charge < -0.3 is 14.4 Å². The summed E-state index contributed by atoms with van der Waals surface area (Å²) in [4.78, 5) is 16.7. The van der Waals surface area contributed by atoms with E-state index in [2.05, 4.69) is 28.9 Å². The number of hydrogen-bond donors (Lipinski definition) is 0. The van der Waals surface area contributed by atoms with Crippen molar-refractivity contribution in [3.63, 3.8) is 0 Å². The molecule has 1 unspecified atom stereocenters. The van der Waals surface area contributed by atoms with Crippen molar-refractivity contribution >= 4 is 5.91 Å². The monoisotopic (exact) mass is 386 g/mol. The topological polar surface area (TPSA) is 42.0 Å². The third-order valence-corrected chi connectivity index (χ3v) is 6.38. The van der Waals surface area contributed by atoms with Gasteiger partial charge >= 0.3 is 0 Å². The molecule has 0 saturated carbocycles. The summed E-state index contributed by atoms with van der Waals surface area (Å²) in [6.07, 6.45) is 6.56. The number of nitrogens with zero attached hydrogens (tertiary/aromatic N) is 2. The number of piperidine rings is 2. The number of likely N-dealkylation sites (tertiary alicyclic amines) is 2. The first-order valence-corrected chi connectivity index (χ1v) is 11.1. The van der Waals surface area contributed by atoms with E-state index in [1.54, 1.807) is 0 Å². The van der Waals surface area contributed by atoms with E-state index in [1.165, 1.54) is 30.4 Å². The highest BCUT2D eigenvalue weighted by Gasteiger charge is 2.27. The standard InChI is InChI=1S/C23H34N2O3/c1-3-27-21-13-19-12-17(2)28-22(19)14-20(21)16-24-10-7-18(8-11-24)15-25-9-5-4-6-23(25)26/h13-14,17-18H,3-12,15-16H2,1-2H3. The second-order valence-corrected chi connectivity index (χ2v) is 8.65. The van der Waals surface area contributed by atoms with E-state index < -0.39 is 0 Å². The third-order valence-electron chi connectivity index (χ3n) is 6.38. The van der Waals surface area contributed by atoms with E-state index in [0.717, 1.165) is 63.5 Å². The van der Waals surface area contributed by atoms with Crippen molar-refractivity contribution in [1.82, 2.24) is 9.80 Å². The molecule has 3 aliphatic rings. The molecule has 1 aromatic carbocycles. The molecule has 154 valence electrons. The van der Waals surface area contributed by atoms with E-state index >= 15 is 0 Å². The van der Waals surface area contributed by atoms with Gasteiger partial charge in [-0.25, -0.2) is 0 Å². The Morgan fingerprint density at radius 2 is 2.00 bits per heavy atom. The van der Waals surface area contributed by atoms with Gasteiger partial charge in [0.15, 0.2) is 0 Å². The Labute approximate surface area is 169 Å². The van der Waals surface area contributed by atoms with Gasteiger partial charge in [0.05, 0.1) is 6.61 Å². The van der Waals surface area contributed by atoms with Crippen molar-refractivity contribution < 1.29 is 14.3 Å². The van der Waals surface area contributed by atoms with Crippen LogP contribution in [0.2, 0.25) is 0 Å². The highest BCUT2D eigenvalue weighted by molar-refractivity contribution is 5.76. The maximum absolute atomic E-state index is 12.1. The lowest BCUT2D eigenvalue weighted by Gasteiger charge is -2.36. The second kappa shape index (κ2) is 8.73. The maximum Gasteiger partial charge on any atom is 0.222 e. The molecule has 28 heavy (non-hydrogen) atoms. The van der Waals surface area contributed by atoms with Crippen molar-refractivity contribution in [3.8, 4) is 11.5 Å².